The van der Waals surface area contributed by atoms with Gasteiger partial charge >= 0.3 is 0 Å². The molecule has 2 N–H and O–H groups in total. The monoisotopic (exact) mass is 260 g/mol. The van der Waals surface area contributed by atoms with E-state index in [9.17, 15) is 5.11 Å². The summed E-state index contributed by atoms with van der Waals surface area (Å²) in [6.45, 7) is 0.863. The van der Waals surface area contributed by atoms with Crippen LogP contribution in [0, 0.1) is 0 Å². The molecule has 0 saturated carbocycles. The van der Waals surface area contributed by atoms with E-state index in [2.05, 4.69) is 10.3 Å². The number of ether oxygens (including phenoxy) is 1. The van der Waals surface area contributed by atoms with Crippen LogP contribution in [0.1, 0.15) is 0 Å². The largest absolute Gasteiger partial charge is 0.504 e. The second-order valence-corrected chi connectivity index (χ2v) is 4.13. The van der Waals surface area contributed by atoms with Crippen LogP contribution in [0.3, 0.4) is 0 Å². The molecule has 88 valence electrons. The number of aromatic hydroxyl groups is 1. The summed E-state index contributed by atoms with van der Waals surface area (Å²) in [6, 6.07) is 5.14. The van der Waals surface area contributed by atoms with Crippen LogP contribution in [-0.4, -0.2) is 29.7 Å². The molecular formula is C10H13ClN2O2S. The van der Waals surface area contributed by atoms with E-state index in [4.69, 9.17) is 4.74 Å². The smallest absolute Gasteiger partial charge is 0.162 e. The number of hydrogen-bond acceptors (Lipinski definition) is 5. The number of anilines is 1. The van der Waals surface area contributed by atoms with Gasteiger partial charge in [0.15, 0.2) is 16.7 Å². The Morgan fingerprint density at radius 2 is 2.31 bits per heavy atom. The summed E-state index contributed by atoms with van der Waals surface area (Å²) < 4.78 is 5.01. The van der Waals surface area contributed by atoms with Crippen molar-refractivity contribution in [3.63, 3.8) is 0 Å². The van der Waals surface area contributed by atoms with E-state index in [1.165, 1.54) is 7.11 Å². The summed E-state index contributed by atoms with van der Waals surface area (Å²) in [5, 5.41) is 13.5. The van der Waals surface area contributed by atoms with Crippen molar-refractivity contribution >= 4 is 35.0 Å². The van der Waals surface area contributed by atoms with Crippen molar-refractivity contribution in [1.29, 1.82) is 0 Å². The highest BCUT2D eigenvalue weighted by atomic mass is 35.5. The third-order valence-electron chi connectivity index (χ3n) is 2.02. The van der Waals surface area contributed by atoms with Crippen molar-refractivity contribution in [2.24, 2.45) is 4.99 Å². The first-order valence-electron chi connectivity index (χ1n) is 4.61. The third kappa shape index (κ3) is 2.96. The molecule has 1 aliphatic rings. The van der Waals surface area contributed by atoms with Crippen molar-refractivity contribution in [2.45, 2.75) is 0 Å². The molecule has 1 aliphatic heterocycles. The highest BCUT2D eigenvalue weighted by Gasteiger charge is 2.08. The van der Waals surface area contributed by atoms with Crippen LogP contribution in [0.2, 0.25) is 0 Å². The molecule has 0 radical (unpaired) electrons. The average Bonchev–Trinajstić information content (AvgIpc) is 2.73. The zero-order valence-electron chi connectivity index (χ0n) is 8.77. The summed E-state index contributed by atoms with van der Waals surface area (Å²) in [5.74, 6) is 1.63. The summed E-state index contributed by atoms with van der Waals surface area (Å²) >= 11 is 1.69. The summed E-state index contributed by atoms with van der Waals surface area (Å²) in [4.78, 5) is 4.27. The second kappa shape index (κ2) is 5.86. The lowest BCUT2D eigenvalue weighted by Gasteiger charge is -2.08. The van der Waals surface area contributed by atoms with Gasteiger partial charge in [-0.1, -0.05) is 11.8 Å². The minimum atomic E-state index is 0. The molecule has 6 heteroatoms. The summed E-state index contributed by atoms with van der Waals surface area (Å²) in [6.07, 6.45) is 0. The third-order valence-corrected chi connectivity index (χ3v) is 2.91. The van der Waals surface area contributed by atoms with Crippen molar-refractivity contribution < 1.29 is 9.84 Å². The predicted octanol–water partition coefficient (Wildman–Crippen LogP) is 2.34. The molecule has 1 heterocycles. The highest BCUT2D eigenvalue weighted by molar-refractivity contribution is 8.14. The molecule has 16 heavy (non-hydrogen) atoms. The lowest BCUT2D eigenvalue weighted by atomic mass is 10.3. The number of phenolic OH excluding ortho intramolecular Hbond substituents is 1. The van der Waals surface area contributed by atoms with Crippen molar-refractivity contribution in [1.82, 2.24) is 0 Å². The van der Waals surface area contributed by atoms with Crippen molar-refractivity contribution in [3.8, 4) is 11.5 Å². The first kappa shape index (κ1) is 13.0. The number of methoxy groups -OCH3 is 1. The molecule has 0 spiro atoms. The van der Waals surface area contributed by atoms with Gasteiger partial charge in [-0.05, 0) is 12.1 Å². The van der Waals surface area contributed by atoms with Gasteiger partial charge in [-0.25, -0.2) is 0 Å². The molecule has 0 saturated heterocycles. The molecule has 0 bridgehead atoms. The van der Waals surface area contributed by atoms with Crippen LogP contribution in [0.25, 0.3) is 0 Å². The fraction of sp³-hybridized carbons (Fsp3) is 0.300. The number of benzene rings is 1. The maximum atomic E-state index is 9.41. The molecule has 0 unspecified atom stereocenters. The number of thioether (sulfide) groups is 1. The van der Waals surface area contributed by atoms with Crippen LogP contribution in [0.15, 0.2) is 23.2 Å². The van der Waals surface area contributed by atoms with Gasteiger partial charge in [0.25, 0.3) is 0 Å². The number of nitrogens with one attached hydrogen (secondary N) is 1. The van der Waals surface area contributed by atoms with E-state index in [1.807, 2.05) is 0 Å². The van der Waals surface area contributed by atoms with Gasteiger partial charge in [-0.3, -0.25) is 4.99 Å². The van der Waals surface area contributed by atoms with Crippen LogP contribution >= 0.6 is 24.2 Å². The number of hydrogen-bond donors (Lipinski definition) is 2. The lowest BCUT2D eigenvalue weighted by molar-refractivity contribution is 0.374. The Morgan fingerprint density at radius 3 is 2.94 bits per heavy atom. The molecule has 0 aliphatic carbocycles. The van der Waals surface area contributed by atoms with E-state index < -0.39 is 0 Å². The van der Waals surface area contributed by atoms with Gasteiger partial charge in [0.05, 0.1) is 13.7 Å². The van der Waals surface area contributed by atoms with Crippen molar-refractivity contribution in [2.75, 3.05) is 24.7 Å². The minimum Gasteiger partial charge on any atom is -0.504 e. The van der Waals surface area contributed by atoms with Crippen LogP contribution in [0.4, 0.5) is 5.69 Å². The van der Waals surface area contributed by atoms with Gasteiger partial charge in [0, 0.05) is 17.5 Å². The topological polar surface area (TPSA) is 53.8 Å². The number of phenols is 1. The molecular weight excluding hydrogens is 248 g/mol. The standard InChI is InChI=1S/C10H12N2O2S.ClH/c1-14-9-6-7(2-3-8(9)13)12-10-11-4-5-15-10;/h2-3,6,13H,4-5H2,1H3,(H,11,12);1H. The molecule has 1 aromatic carbocycles. The minimum absolute atomic E-state index is 0. The Bertz CT molecular complexity index is 398. The van der Waals surface area contributed by atoms with Crippen molar-refractivity contribution in [3.05, 3.63) is 18.2 Å². The number of amidine groups is 1. The molecule has 0 atom stereocenters. The van der Waals surface area contributed by atoms with E-state index in [0.29, 0.717) is 5.75 Å². The molecule has 0 amide bonds. The Morgan fingerprint density at radius 1 is 1.50 bits per heavy atom. The van der Waals surface area contributed by atoms with Gasteiger partial charge in [-0.15, -0.1) is 12.4 Å². The first-order chi connectivity index (χ1) is 7.29. The van der Waals surface area contributed by atoms with Crippen LogP contribution < -0.4 is 10.1 Å². The maximum absolute atomic E-state index is 9.41. The number of aliphatic imine (C=N–C) groups is 1. The molecule has 2 rings (SSSR count). The Labute approximate surface area is 105 Å². The second-order valence-electron chi connectivity index (χ2n) is 3.05. The maximum Gasteiger partial charge on any atom is 0.162 e. The summed E-state index contributed by atoms with van der Waals surface area (Å²) in [5.41, 5.74) is 0.873. The molecule has 0 aromatic heterocycles. The Kier molecular flexibility index (Phi) is 4.76. The van der Waals surface area contributed by atoms with E-state index in [0.717, 1.165) is 23.2 Å². The Hall–Kier alpha value is -1.07. The quantitative estimate of drug-likeness (QED) is 0.802. The van der Waals surface area contributed by atoms with Gasteiger partial charge in [0.2, 0.25) is 0 Å². The van der Waals surface area contributed by atoms with E-state index in [-0.39, 0.29) is 18.2 Å². The number of nitrogens with zero attached hydrogens (tertiary/aromatic N) is 1. The van der Waals surface area contributed by atoms with Crippen LogP contribution in [0.5, 0.6) is 11.5 Å². The average molecular weight is 261 g/mol. The first-order valence-corrected chi connectivity index (χ1v) is 5.59. The highest BCUT2D eigenvalue weighted by Crippen LogP contribution is 2.29. The normalized spacial score (nSPS) is 13.9. The van der Waals surface area contributed by atoms with Gasteiger partial charge in [0.1, 0.15) is 0 Å². The molecule has 1 aromatic rings. The van der Waals surface area contributed by atoms with Gasteiger partial charge in [-0.2, -0.15) is 0 Å². The fourth-order valence-electron chi connectivity index (χ4n) is 1.29. The zero-order chi connectivity index (χ0) is 10.7. The SMILES string of the molecule is COc1cc(NC2=NCCS2)ccc1O.Cl. The van der Waals surface area contributed by atoms with E-state index >= 15 is 0 Å². The summed E-state index contributed by atoms with van der Waals surface area (Å²) in [7, 11) is 1.53. The fourth-order valence-corrected chi connectivity index (χ4v) is 2.04. The zero-order valence-corrected chi connectivity index (χ0v) is 10.4. The number of rotatable bonds is 2. The van der Waals surface area contributed by atoms with E-state index in [1.54, 1.807) is 30.0 Å². The number of halogens is 1. The molecule has 4 nitrogen and oxygen atoms in total. The van der Waals surface area contributed by atoms with Gasteiger partial charge < -0.3 is 15.2 Å². The lowest BCUT2D eigenvalue weighted by Crippen LogP contribution is -2.04. The van der Waals surface area contributed by atoms with Crippen LogP contribution in [-0.2, 0) is 0 Å². The predicted molar refractivity (Wildman–Crippen MR) is 70.3 cm³/mol. The Balaban J connectivity index is 0.00000128. The molecule has 0 fully saturated rings.